The summed E-state index contributed by atoms with van der Waals surface area (Å²) in [6, 6.07) is 0. The second-order valence-electron chi connectivity index (χ2n) is 4.84. The quantitative estimate of drug-likeness (QED) is 0.753. The predicted molar refractivity (Wildman–Crippen MR) is 58.1 cm³/mol. The smallest absolute Gasteiger partial charge is 0.0606 e. The van der Waals surface area contributed by atoms with E-state index in [4.69, 9.17) is 10.5 Å². The average Bonchev–Trinajstić information content (AvgIpc) is 2.26. The molecule has 0 heterocycles. The van der Waals surface area contributed by atoms with Crippen LogP contribution in [0.5, 0.6) is 0 Å². The highest BCUT2D eigenvalue weighted by molar-refractivity contribution is 4.85. The summed E-state index contributed by atoms with van der Waals surface area (Å²) in [7, 11) is 0. The summed E-state index contributed by atoms with van der Waals surface area (Å²) in [4.78, 5) is 0. The number of ether oxygens (including phenoxy) is 1. The van der Waals surface area contributed by atoms with E-state index in [2.05, 4.69) is 0 Å². The first kappa shape index (κ1) is 10.4. The van der Waals surface area contributed by atoms with Crippen LogP contribution in [0.4, 0.5) is 0 Å². The minimum absolute atomic E-state index is 0.539. The van der Waals surface area contributed by atoms with Crippen LogP contribution < -0.4 is 5.73 Å². The van der Waals surface area contributed by atoms with Crippen molar-refractivity contribution in [3.8, 4) is 0 Å². The highest BCUT2D eigenvalue weighted by atomic mass is 16.5. The van der Waals surface area contributed by atoms with Gasteiger partial charge in [0, 0.05) is 6.54 Å². The van der Waals surface area contributed by atoms with Crippen LogP contribution in [-0.4, -0.2) is 19.3 Å². The molecule has 2 nitrogen and oxygen atoms in total. The van der Waals surface area contributed by atoms with Gasteiger partial charge in [-0.05, 0) is 31.1 Å². The highest BCUT2D eigenvalue weighted by Crippen LogP contribution is 2.41. The summed E-state index contributed by atoms with van der Waals surface area (Å²) in [6.07, 6.45) is 10.4. The van der Waals surface area contributed by atoms with Crippen molar-refractivity contribution in [3.63, 3.8) is 0 Å². The van der Waals surface area contributed by atoms with Gasteiger partial charge < -0.3 is 10.5 Å². The van der Waals surface area contributed by atoms with Crippen LogP contribution in [0.25, 0.3) is 0 Å². The van der Waals surface area contributed by atoms with Gasteiger partial charge in [0.25, 0.3) is 0 Å². The van der Waals surface area contributed by atoms with Crippen molar-refractivity contribution in [2.24, 2.45) is 17.6 Å². The fourth-order valence-electron chi connectivity index (χ4n) is 3.31. The molecule has 0 aliphatic heterocycles. The number of hydrogen-bond acceptors (Lipinski definition) is 2. The van der Waals surface area contributed by atoms with Crippen molar-refractivity contribution in [1.82, 2.24) is 0 Å². The van der Waals surface area contributed by atoms with E-state index in [1.54, 1.807) is 0 Å². The molecule has 0 aromatic carbocycles. The van der Waals surface area contributed by atoms with E-state index in [1.807, 2.05) is 0 Å². The molecule has 0 saturated heterocycles. The Morgan fingerprint density at radius 3 is 2.64 bits per heavy atom. The van der Waals surface area contributed by atoms with Gasteiger partial charge in [-0.2, -0.15) is 0 Å². The highest BCUT2D eigenvalue weighted by Gasteiger charge is 2.35. The fraction of sp³-hybridized carbons (Fsp3) is 1.00. The van der Waals surface area contributed by atoms with Crippen molar-refractivity contribution in [2.45, 2.75) is 51.0 Å². The van der Waals surface area contributed by atoms with Crippen LogP contribution >= 0.6 is 0 Å². The molecule has 3 atom stereocenters. The Morgan fingerprint density at radius 1 is 1.00 bits per heavy atom. The minimum atomic E-state index is 0.539. The molecular weight excluding hydrogens is 174 g/mol. The maximum atomic E-state index is 5.88. The normalized spacial score (nSPS) is 37.9. The molecule has 0 aromatic rings. The first-order chi connectivity index (χ1) is 6.92. The lowest BCUT2D eigenvalue weighted by molar-refractivity contribution is -0.0437. The molecule has 0 aromatic heterocycles. The third kappa shape index (κ3) is 2.29. The summed E-state index contributed by atoms with van der Waals surface area (Å²) in [5.41, 5.74) is 5.49. The zero-order valence-electron chi connectivity index (χ0n) is 9.08. The number of rotatable bonds is 3. The van der Waals surface area contributed by atoms with Crippen LogP contribution in [0, 0.1) is 11.8 Å². The minimum Gasteiger partial charge on any atom is -0.377 e. The van der Waals surface area contributed by atoms with Gasteiger partial charge >= 0.3 is 0 Å². The number of nitrogens with two attached hydrogens (primary N) is 1. The Labute approximate surface area is 87.2 Å². The summed E-state index contributed by atoms with van der Waals surface area (Å²) in [5, 5.41) is 0. The summed E-state index contributed by atoms with van der Waals surface area (Å²) in [6.45, 7) is 1.43. The Kier molecular flexibility index (Phi) is 3.82. The van der Waals surface area contributed by atoms with E-state index >= 15 is 0 Å². The molecule has 0 spiro atoms. The molecular formula is C12H23NO. The SMILES string of the molecule is NCCOC1CCCC2CCCCC21. The van der Waals surface area contributed by atoms with Crippen LogP contribution in [0.3, 0.4) is 0 Å². The molecule has 82 valence electrons. The van der Waals surface area contributed by atoms with E-state index in [-0.39, 0.29) is 0 Å². The molecule has 3 unspecified atom stereocenters. The number of hydrogen-bond donors (Lipinski definition) is 1. The summed E-state index contributed by atoms with van der Waals surface area (Å²) in [5.74, 6) is 1.84. The average molecular weight is 197 g/mol. The maximum absolute atomic E-state index is 5.88. The van der Waals surface area contributed by atoms with Gasteiger partial charge in [0.15, 0.2) is 0 Å². The molecule has 2 fully saturated rings. The molecule has 0 bridgehead atoms. The molecule has 0 amide bonds. The van der Waals surface area contributed by atoms with E-state index in [0.29, 0.717) is 12.6 Å². The molecule has 2 aliphatic carbocycles. The third-order valence-corrected chi connectivity index (χ3v) is 3.96. The standard InChI is InChI=1S/C12H23NO/c13-8-9-14-12-7-3-5-10-4-1-2-6-11(10)12/h10-12H,1-9,13H2. The lowest BCUT2D eigenvalue weighted by Crippen LogP contribution is -2.37. The van der Waals surface area contributed by atoms with E-state index < -0.39 is 0 Å². The van der Waals surface area contributed by atoms with Gasteiger partial charge in [0.05, 0.1) is 12.7 Å². The van der Waals surface area contributed by atoms with Gasteiger partial charge in [0.2, 0.25) is 0 Å². The number of fused-ring (bicyclic) bond motifs is 1. The van der Waals surface area contributed by atoms with Crippen molar-refractivity contribution < 1.29 is 4.74 Å². The first-order valence-electron chi connectivity index (χ1n) is 6.23. The lowest BCUT2D eigenvalue weighted by atomic mass is 9.69. The topological polar surface area (TPSA) is 35.2 Å². The maximum Gasteiger partial charge on any atom is 0.0606 e. The van der Waals surface area contributed by atoms with Crippen LogP contribution in [0.2, 0.25) is 0 Å². The summed E-state index contributed by atoms with van der Waals surface area (Å²) < 4.78 is 5.88. The monoisotopic (exact) mass is 197 g/mol. The Balaban J connectivity index is 1.88. The van der Waals surface area contributed by atoms with Crippen molar-refractivity contribution in [2.75, 3.05) is 13.2 Å². The molecule has 2 aliphatic rings. The zero-order chi connectivity index (χ0) is 9.80. The van der Waals surface area contributed by atoms with Crippen molar-refractivity contribution >= 4 is 0 Å². The van der Waals surface area contributed by atoms with Gasteiger partial charge in [-0.3, -0.25) is 0 Å². The molecule has 2 heteroatoms. The summed E-state index contributed by atoms with van der Waals surface area (Å²) >= 11 is 0. The second kappa shape index (κ2) is 5.13. The zero-order valence-corrected chi connectivity index (χ0v) is 9.08. The van der Waals surface area contributed by atoms with E-state index in [0.717, 1.165) is 18.4 Å². The molecule has 0 radical (unpaired) electrons. The van der Waals surface area contributed by atoms with Gasteiger partial charge in [0.1, 0.15) is 0 Å². The Morgan fingerprint density at radius 2 is 1.79 bits per heavy atom. The molecule has 2 saturated carbocycles. The predicted octanol–water partition coefficient (Wildman–Crippen LogP) is 2.32. The van der Waals surface area contributed by atoms with Gasteiger partial charge in [-0.1, -0.05) is 25.7 Å². The van der Waals surface area contributed by atoms with Crippen LogP contribution in [0.1, 0.15) is 44.9 Å². The van der Waals surface area contributed by atoms with Gasteiger partial charge in [-0.15, -0.1) is 0 Å². The van der Waals surface area contributed by atoms with Crippen LogP contribution in [-0.2, 0) is 4.74 Å². The van der Waals surface area contributed by atoms with Crippen molar-refractivity contribution in [3.05, 3.63) is 0 Å². The van der Waals surface area contributed by atoms with E-state index in [9.17, 15) is 0 Å². The molecule has 2 rings (SSSR count). The Bertz CT molecular complexity index is 170. The van der Waals surface area contributed by atoms with Gasteiger partial charge in [-0.25, -0.2) is 0 Å². The largest absolute Gasteiger partial charge is 0.377 e. The molecule has 2 N–H and O–H groups in total. The first-order valence-corrected chi connectivity index (χ1v) is 6.23. The molecule has 14 heavy (non-hydrogen) atoms. The van der Waals surface area contributed by atoms with Crippen LogP contribution in [0.15, 0.2) is 0 Å². The Hall–Kier alpha value is -0.0800. The second-order valence-corrected chi connectivity index (χ2v) is 4.84. The third-order valence-electron chi connectivity index (χ3n) is 3.96. The lowest BCUT2D eigenvalue weighted by Gasteiger charge is -2.41. The van der Waals surface area contributed by atoms with Crippen molar-refractivity contribution in [1.29, 1.82) is 0 Å². The van der Waals surface area contributed by atoms with E-state index in [1.165, 1.54) is 44.9 Å². The fourth-order valence-corrected chi connectivity index (χ4v) is 3.31.